The third-order valence-corrected chi connectivity index (χ3v) is 1.32. The van der Waals surface area contributed by atoms with Crippen LogP contribution in [-0.4, -0.2) is 29.7 Å². The zero-order chi connectivity index (χ0) is 8.20. The molecule has 0 rings (SSSR count). The van der Waals surface area contributed by atoms with E-state index < -0.39 is 11.5 Å². The van der Waals surface area contributed by atoms with E-state index >= 15 is 0 Å². The van der Waals surface area contributed by atoms with Crippen molar-refractivity contribution in [2.45, 2.75) is 12.0 Å². The van der Waals surface area contributed by atoms with Crippen LogP contribution in [0.1, 0.15) is 6.42 Å². The van der Waals surface area contributed by atoms with Crippen LogP contribution in [0.4, 0.5) is 0 Å². The van der Waals surface area contributed by atoms with Crippen molar-refractivity contribution < 1.29 is 9.90 Å². The fraction of sp³-hybridized carbons (Fsp3) is 0.800. The second-order valence-corrected chi connectivity index (χ2v) is 2.34. The Balaban J connectivity index is 3.92. The molecule has 0 aliphatic carbocycles. The van der Waals surface area contributed by atoms with Crippen LogP contribution < -0.4 is 17.2 Å². The maximum Gasteiger partial charge on any atom is 0.305 e. The Morgan fingerprint density at radius 2 is 1.80 bits per heavy atom. The van der Waals surface area contributed by atoms with Gasteiger partial charge in [0.25, 0.3) is 0 Å². The number of carbonyl (C=O) groups is 1. The minimum atomic E-state index is -0.974. The number of carboxylic acid groups (broad SMARTS) is 1. The summed E-state index contributed by atoms with van der Waals surface area (Å²) in [5, 5.41) is 8.32. The van der Waals surface area contributed by atoms with E-state index in [1.807, 2.05) is 0 Å². The number of rotatable bonds is 4. The quantitative estimate of drug-likeness (QED) is 0.370. The molecule has 0 radical (unpaired) electrons. The van der Waals surface area contributed by atoms with Crippen molar-refractivity contribution in [3.63, 3.8) is 0 Å². The first-order chi connectivity index (χ1) is 4.54. The summed E-state index contributed by atoms with van der Waals surface area (Å²) in [5.74, 6) is -0.974. The molecule has 5 nitrogen and oxygen atoms in total. The van der Waals surface area contributed by atoms with Crippen LogP contribution in [0.2, 0.25) is 0 Å². The van der Waals surface area contributed by atoms with Gasteiger partial charge in [0, 0.05) is 13.1 Å². The van der Waals surface area contributed by atoms with Crippen molar-refractivity contribution in [1.29, 1.82) is 0 Å². The highest BCUT2D eigenvalue weighted by atomic mass is 16.4. The highest BCUT2D eigenvalue weighted by Gasteiger charge is 2.24. The zero-order valence-corrected chi connectivity index (χ0v) is 5.71. The Bertz CT molecular complexity index is 122. The summed E-state index contributed by atoms with van der Waals surface area (Å²) in [7, 11) is 0. The lowest BCUT2D eigenvalue weighted by Crippen LogP contribution is -2.54. The average molecular weight is 147 g/mol. The van der Waals surface area contributed by atoms with E-state index in [0.717, 1.165) is 0 Å². The van der Waals surface area contributed by atoms with Crippen LogP contribution in [0, 0.1) is 0 Å². The second-order valence-electron chi connectivity index (χ2n) is 2.34. The van der Waals surface area contributed by atoms with E-state index in [1.165, 1.54) is 0 Å². The van der Waals surface area contributed by atoms with E-state index in [1.54, 1.807) is 0 Å². The molecule has 0 heterocycles. The molecule has 60 valence electrons. The molecule has 7 N–H and O–H groups in total. The summed E-state index contributed by atoms with van der Waals surface area (Å²) in [6.07, 6.45) is -0.181. The van der Waals surface area contributed by atoms with Gasteiger partial charge in [0.15, 0.2) is 0 Å². The van der Waals surface area contributed by atoms with Crippen LogP contribution in [0.25, 0.3) is 0 Å². The van der Waals surface area contributed by atoms with Gasteiger partial charge in [-0.25, -0.2) is 0 Å². The standard InChI is InChI=1S/C5H13N3O2/c6-2-5(8,3-7)1-4(9)10/h1-3,6-8H2,(H,9,10). The van der Waals surface area contributed by atoms with E-state index in [-0.39, 0.29) is 19.5 Å². The van der Waals surface area contributed by atoms with Gasteiger partial charge in [-0.15, -0.1) is 0 Å². The second kappa shape index (κ2) is 3.50. The smallest absolute Gasteiger partial charge is 0.305 e. The number of carboxylic acids is 1. The molecule has 0 spiro atoms. The van der Waals surface area contributed by atoms with Gasteiger partial charge < -0.3 is 22.3 Å². The fourth-order valence-electron chi connectivity index (χ4n) is 0.529. The van der Waals surface area contributed by atoms with Crippen LogP contribution in [0.15, 0.2) is 0 Å². The van der Waals surface area contributed by atoms with Gasteiger partial charge in [-0.3, -0.25) is 4.79 Å². The van der Waals surface area contributed by atoms with E-state index in [2.05, 4.69) is 0 Å². The summed E-state index contributed by atoms with van der Waals surface area (Å²) in [6, 6.07) is 0. The summed E-state index contributed by atoms with van der Waals surface area (Å²) in [5.41, 5.74) is 14.9. The predicted molar refractivity (Wildman–Crippen MR) is 37.3 cm³/mol. The lowest BCUT2D eigenvalue weighted by molar-refractivity contribution is -0.138. The molecule has 0 amide bonds. The van der Waals surface area contributed by atoms with Crippen molar-refractivity contribution in [2.24, 2.45) is 17.2 Å². The highest BCUT2D eigenvalue weighted by Crippen LogP contribution is 2.01. The Kier molecular flexibility index (Phi) is 3.27. The Morgan fingerprint density at radius 1 is 1.40 bits per heavy atom. The van der Waals surface area contributed by atoms with Crippen LogP contribution in [0.5, 0.6) is 0 Å². The first-order valence-electron chi connectivity index (χ1n) is 2.95. The lowest BCUT2D eigenvalue weighted by Gasteiger charge is -2.23. The summed E-state index contributed by atoms with van der Waals surface area (Å²) >= 11 is 0. The predicted octanol–water partition coefficient (Wildman–Crippen LogP) is -1.92. The average Bonchev–Trinajstić information content (AvgIpc) is 1.87. The number of hydrogen-bond acceptors (Lipinski definition) is 4. The molecule has 0 saturated carbocycles. The van der Waals surface area contributed by atoms with Crippen molar-refractivity contribution in [3.8, 4) is 0 Å². The summed E-state index contributed by atoms with van der Waals surface area (Å²) in [6.45, 7) is 0.186. The van der Waals surface area contributed by atoms with Gasteiger partial charge >= 0.3 is 5.97 Å². The fourth-order valence-corrected chi connectivity index (χ4v) is 0.529. The van der Waals surface area contributed by atoms with Gasteiger partial charge in [0.05, 0.1) is 12.0 Å². The largest absolute Gasteiger partial charge is 0.481 e. The maximum atomic E-state index is 10.1. The van der Waals surface area contributed by atoms with Gasteiger partial charge in [-0.05, 0) is 0 Å². The third-order valence-electron chi connectivity index (χ3n) is 1.32. The molecule has 0 unspecified atom stereocenters. The molecule has 0 atom stereocenters. The third kappa shape index (κ3) is 2.77. The summed E-state index contributed by atoms with van der Waals surface area (Å²) < 4.78 is 0. The molecule has 0 saturated heterocycles. The maximum absolute atomic E-state index is 10.1. The van der Waals surface area contributed by atoms with Gasteiger partial charge in [0.1, 0.15) is 0 Å². The molecule has 0 aromatic carbocycles. The van der Waals surface area contributed by atoms with E-state index in [4.69, 9.17) is 22.3 Å². The lowest BCUT2D eigenvalue weighted by atomic mass is 9.97. The molecule has 0 aromatic rings. The van der Waals surface area contributed by atoms with Gasteiger partial charge in [-0.1, -0.05) is 0 Å². The topological polar surface area (TPSA) is 115 Å². The Morgan fingerprint density at radius 3 is 1.90 bits per heavy atom. The number of nitrogens with two attached hydrogens (primary N) is 3. The first-order valence-corrected chi connectivity index (χ1v) is 2.95. The number of hydrogen-bond donors (Lipinski definition) is 4. The van der Waals surface area contributed by atoms with E-state index in [9.17, 15) is 4.79 Å². The molecule has 0 bridgehead atoms. The monoisotopic (exact) mass is 147 g/mol. The molecular weight excluding hydrogens is 134 g/mol. The van der Waals surface area contributed by atoms with Gasteiger partial charge in [0.2, 0.25) is 0 Å². The molecule has 0 fully saturated rings. The Labute approximate surface area is 59.2 Å². The van der Waals surface area contributed by atoms with E-state index in [0.29, 0.717) is 0 Å². The van der Waals surface area contributed by atoms with Crippen molar-refractivity contribution in [2.75, 3.05) is 13.1 Å². The minimum Gasteiger partial charge on any atom is -0.481 e. The minimum absolute atomic E-state index is 0.0931. The molecular formula is C5H13N3O2. The van der Waals surface area contributed by atoms with Crippen molar-refractivity contribution >= 4 is 5.97 Å². The molecule has 0 aromatic heterocycles. The first kappa shape index (κ1) is 9.35. The molecule has 0 aliphatic heterocycles. The molecule has 0 aliphatic rings. The Hall–Kier alpha value is -0.650. The molecule has 10 heavy (non-hydrogen) atoms. The molecule has 5 heteroatoms. The zero-order valence-electron chi connectivity index (χ0n) is 5.71. The summed E-state index contributed by atoms with van der Waals surface area (Å²) in [4.78, 5) is 10.1. The highest BCUT2D eigenvalue weighted by molar-refractivity contribution is 5.68. The SMILES string of the molecule is NCC(N)(CN)CC(=O)O. The van der Waals surface area contributed by atoms with Crippen molar-refractivity contribution in [1.82, 2.24) is 0 Å². The number of aliphatic carboxylic acids is 1. The van der Waals surface area contributed by atoms with Gasteiger partial charge in [-0.2, -0.15) is 0 Å². The van der Waals surface area contributed by atoms with Crippen LogP contribution in [0.3, 0.4) is 0 Å². The van der Waals surface area contributed by atoms with Crippen LogP contribution in [-0.2, 0) is 4.79 Å². The van der Waals surface area contributed by atoms with Crippen LogP contribution >= 0.6 is 0 Å². The van der Waals surface area contributed by atoms with Crippen molar-refractivity contribution in [3.05, 3.63) is 0 Å². The normalized spacial score (nSPS) is 11.5.